The molecule has 3 saturated heterocycles. The molecule has 0 aliphatic carbocycles. The van der Waals surface area contributed by atoms with E-state index in [1.165, 1.54) is 12.0 Å². The molecule has 3 aliphatic heterocycles. The van der Waals surface area contributed by atoms with Crippen LogP contribution in [-0.2, 0) is 6.54 Å². The second-order valence-corrected chi connectivity index (χ2v) is 8.11. The maximum absolute atomic E-state index is 13.4. The van der Waals surface area contributed by atoms with E-state index in [0.717, 1.165) is 43.9 Å². The van der Waals surface area contributed by atoms with E-state index in [4.69, 9.17) is 0 Å². The Morgan fingerprint density at radius 3 is 2.83 bits per heavy atom. The standard InChI is InChI=1S/C23H25N5O/c29-23(20-5-1-6-21(12-20)28-11-3-10-25-28)27-16-19-7-8-22(27)17-26(15-19)14-18-4-2-9-24-13-18/h1-6,9-13,19,22H,7-8,14-17H2/t19-,22+/m0/s1. The third-order valence-corrected chi connectivity index (χ3v) is 6.04. The Balaban J connectivity index is 1.34. The van der Waals surface area contributed by atoms with E-state index in [9.17, 15) is 4.79 Å². The fraction of sp³-hybridized carbons (Fsp3) is 0.348. The molecule has 29 heavy (non-hydrogen) atoms. The Hall–Kier alpha value is -2.99. The lowest BCUT2D eigenvalue weighted by molar-refractivity contribution is 0.0585. The van der Waals surface area contributed by atoms with Crippen LogP contribution in [0.25, 0.3) is 5.69 Å². The quantitative estimate of drug-likeness (QED) is 0.691. The van der Waals surface area contributed by atoms with Crippen LogP contribution in [-0.4, -0.2) is 56.1 Å². The van der Waals surface area contributed by atoms with Crippen molar-refractivity contribution in [1.82, 2.24) is 24.6 Å². The molecule has 2 aromatic heterocycles. The van der Waals surface area contributed by atoms with Crippen molar-refractivity contribution in [3.63, 3.8) is 0 Å². The zero-order valence-corrected chi connectivity index (χ0v) is 16.4. The van der Waals surface area contributed by atoms with Crippen molar-refractivity contribution >= 4 is 5.91 Å². The fourth-order valence-electron chi connectivity index (χ4n) is 4.68. The zero-order valence-electron chi connectivity index (χ0n) is 16.4. The summed E-state index contributed by atoms with van der Waals surface area (Å²) in [5.74, 6) is 0.667. The summed E-state index contributed by atoms with van der Waals surface area (Å²) in [5, 5.41) is 4.28. The lowest BCUT2D eigenvalue weighted by Gasteiger charge is -2.36. The van der Waals surface area contributed by atoms with Gasteiger partial charge in [-0.3, -0.25) is 14.7 Å². The van der Waals surface area contributed by atoms with Gasteiger partial charge in [0, 0.05) is 62.6 Å². The number of amides is 1. The summed E-state index contributed by atoms with van der Waals surface area (Å²) >= 11 is 0. The molecule has 0 spiro atoms. The van der Waals surface area contributed by atoms with Crippen molar-refractivity contribution in [1.29, 1.82) is 0 Å². The Bertz CT molecular complexity index is 972. The molecule has 3 aromatic rings. The Kier molecular flexibility index (Phi) is 4.86. The average Bonchev–Trinajstić information content (AvgIpc) is 3.17. The first-order valence-electron chi connectivity index (χ1n) is 10.3. The van der Waals surface area contributed by atoms with E-state index in [-0.39, 0.29) is 11.9 Å². The molecule has 3 aliphatic rings. The van der Waals surface area contributed by atoms with E-state index in [2.05, 4.69) is 25.9 Å². The van der Waals surface area contributed by atoms with Crippen molar-refractivity contribution in [2.24, 2.45) is 5.92 Å². The molecule has 1 amide bonds. The van der Waals surface area contributed by atoms with Gasteiger partial charge in [0.05, 0.1) is 5.69 Å². The first-order valence-corrected chi connectivity index (χ1v) is 10.3. The highest BCUT2D eigenvalue weighted by Crippen LogP contribution is 2.30. The summed E-state index contributed by atoms with van der Waals surface area (Å²) in [4.78, 5) is 22.2. The highest BCUT2D eigenvalue weighted by Gasteiger charge is 2.37. The van der Waals surface area contributed by atoms with Crippen molar-refractivity contribution in [2.45, 2.75) is 25.4 Å². The van der Waals surface area contributed by atoms with Crippen LogP contribution in [0.1, 0.15) is 28.8 Å². The molecule has 0 saturated carbocycles. The lowest BCUT2D eigenvalue weighted by atomic mass is 9.94. The van der Waals surface area contributed by atoms with Crippen molar-refractivity contribution in [3.05, 3.63) is 78.4 Å². The Morgan fingerprint density at radius 2 is 2.00 bits per heavy atom. The lowest BCUT2D eigenvalue weighted by Crippen LogP contribution is -2.47. The van der Waals surface area contributed by atoms with Gasteiger partial charge >= 0.3 is 0 Å². The third kappa shape index (κ3) is 3.80. The topological polar surface area (TPSA) is 54.3 Å². The highest BCUT2D eigenvalue weighted by atomic mass is 16.2. The number of fused-ring (bicyclic) bond motifs is 4. The molecule has 6 nitrogen and oxygen atoms in total. The summed E-state index contributed by atoms with van der Waals surface area (Å²) in [5.41, 5.74) is 2.89. The predicted octanol–water partition coefficient (Wildman–Crippen LogP) is 3.00. The molecule has 1 aromatic carbocycles. The van der Waals surface area contributed by atoms with Gasteiger partial charge < -0.3 is 4.90 Å². The van der Waals surface area contributed by atoms with Crippen LogP contribution in [0.3, 0.4) is 0 Å². The number of benzene rings is 1. The van der Waals surface area contributed by atoms with Gasteiger partial charge in [-0.05, 0) is 54.7 Å². The van der Waals surface area contributed by atoms with Crippen LogP contribution in [0.15, 0.2) is 67.3 Å². The number of hydrogen-bond acceptors (Lipinski definition) is 4. The summed E-state index contributed by atoms with van der Waals surface area (Å²) in [6, 6.07) is 14.1. The molecular weight excluding hydrogens is 362 g/mol. The second kappa shape index (κ2) is 7.79. The van der Waals surface area contributed by atoms with Gasteiger partial charge in [-0.2, -0.15) is 5.10 Å². The smallest absolute Gasteiger partial charge is 0.254 e. The zero-order chi connectivity index (χ0) is 19.6. The number of carbonyl (C=O) groups excluding carboxylic acids is 1. The molecule has 0 unspecified atom stereocenters. The number of nitrogens with zero attached hydrogens (tertiary/aromatic N) is 5. The molecule has 6 heteroatoms. The van der Waals surface area contributed by atoms with Gasteiger partial charge in [0.1, 0.15) is 0 Å². The molecule has 2 atom stereocenters. The molecule has 3 fully saturated rings. The fourth-order valence-corrected chi connectivity index (χ4v) is 4.68. The molecular formula is C23H25N5O. The number of aromatic nitrogens is 3. The van der Waals surface area contributed by atoms with Crippen LogP contribution in [0.2, 0.25) is 0 Å². The van der Waals surface area contributed by atoms with Gasteiger partial charge in [-0.1, -0.05) is 12.1 Å². The Labute approximate surface area is 170 Å². The first-order chi connectivity index (χ1) is 14.3. The predicted molar refractivity (Wildman–Crippen MR) is 111 cm³/mol. The van der Waals surface area contributed by atoms with Crippen LogP contribution in [0.5, 0.6) is 0 Å². The number of rotatable bonds is 4. The molecule has 0 N–H and O–H groups in total. The van der Waals surface area contributed by atoms with Gasteiger partial charge in [0.15, 0.2) is 0 Å². The first kappa shape index (κ1) is 18.1. The normalized spacial score (nSPS) is 21.9. The van der Waals surface area contributed by atoms with Gasteiger partial charge in [-0.25, -0.2) is 4.68 Å². The van der Waals surface area contributed by atoms with E-state index in [1.807, 2.05) is 55.0 Å². The summed E-state index contributed by atoms with van der Waals surface area (Å²) in [7, 11) is 0. The molecule has 0 radical (unpaired) electrons. The largest absolute Gasteiger partial charge is 0.334 e. The van der Waals surface area contributed by atoms with Crippen molar-refractivity contribution < 1.29 is 4.79 Å². The van der Waals surface area contributed by atoms with Crippen molar-refractivity contribution in [3.8, 4) is 5.69 Å². The van der Waals surface area contributed by atoms with Crippen LogP contribution >= 0.6 is 0 Å². The van der Waals surface area contributed by atoms with Crippen LogP contribution < -0.4 is 0 Å². The molecule has 2 bridgehead atoms. The van der Waals surface area contributed by atoms with Gasteiger partial charge in [0.2, 0.25) is 0 Å². The summed E-state index contributed by atoms with van der Waals surface area (Å²) in [6.45, 7) is 3.72. The van der Waals surface area contributed by atoms with Gasteiger partial charge in [-0.15, -0.1) is 0 Å². The summed E-state index contributed by atoms with van der Waals surface area (Å²) in [6.07, 6.45) is 9.68. The van der Waals surface area contributed by atoms with Gasteiger partial charge in [0.25, 0.3) is 5.91 Å². The SMILES string of the molecule is O=C(c1cccc(-n2cccn2)c1)N1C[C@H]2CC[C@@H]1CN(Cc1cccnc1)C2. The minimum absolute atomic E-state index is 0.136. The Morgan fingerprint density at radius 1 is 1.03 bits per heavy atom. The van der Waals surface area contributed by atoms with E-state index in [1.54, 1.807) is 10.9 Å². The number of pyridine rings is 1. The minimum atomic E-state index is 0.136. The molecule has 148 valence electrons. The third-order valence-electron chi connectivity index (χ3n) is 6.04. The molecule has 6 rings (SSSR count). The second-order valence-electron chi connectivity index (χ2n) is 8.11. The maximum atomic E-state index is 13.4. The number of hydrogen-bond donors (Lipinski definition) is 0. The molecule has 5 heterocycles. The average molecular weight is 387 g/mol. The highest BCUT2D eigenvalue weighted by molar-refractivity contribution is 5.95. The minimum Gasteiger partial charge on any atom is -0.334 e. The van der Waals surface area contributed by atoms with Crippen molar-refractivity contribution in [2.75, 3.05) is 19.6 Å². The van der Waals surface area contributed by atoms with E-state index in [0.29, 0.717) is 5.92 Å². The maximum Gasteiger partial charge on any atom is 0.254 e. The van der Waals surface area contributed by atoms with E-state index < -0.39 is 0 Å². The summed E-state index contributed by atoms with van der Waals surface area (Å²) < 4.78 is 1.79. The monoisotopic (exact) mass is 387 g/mol. The van der Waals surface area contributed by atoms with E-state index >= 15 is 0 Å². The number of carbonyl (C=O) groups is 1. The van der Waals surface area contributed by atoms with Crippen LogP contribution in [0.4, 0.5) is 0 Å². The van der Waals surface area contributed by atoms with Crippen LogP contribution in [0, 0.1) is 5.92 Å². The number of piperidine rings is 1.